The van der Waals surface area contributed by atoms with Crippen LogP contribution in [-0.2, 0) is 0 Å². The average Bonchev–Trinajstić information content (AvgIpc) is 3.51. The molecule has 0 bridgehead atoms. The lowest BCUT2D eigenvalue weighted by molar-refractivity contribution is 0.668. The molecule has 174 valence electrons. The quantitative estimate of drug-likeness (QED) is 0.276. The fourth-order valence-electron chi connectivity index (χ4n) is 5.44. The summed E-state index contributed by atoms with van der Waals surface area (Å²) >= 11 is 0. The molecule has 1 N–H and O–H groups in total. The Labute approximate surface area is 212 Å². The Balaban J connectivity index is 1.15. The molecular weight excluding hydrogens is 454 g/mol. The van der Waals surface area contributed by atoms with Crippen molar-refractivity contribution >= 4 is 66.0 Å². The van der Waals surface area contributed by atoms with Gasteiger partial charge in [-0.15, -0.1) is 0 Å². The van der Waals surface area contributed by atoms with Gasteiger partial charge in [-0.3, -0.25) is 0 Å². The summed E-state index contributed by atoms with van der Waals surface area (Å²) in [6.07, 6.45) is 0. The first-order chi connectivity index (χ1) is 18.3. The Kier molecular flexibility index (Phi) is 4.23. The molecule has 2 aromatic heterocycles. The number of furan rings is 2. The molecule has 0 aliphatic rings. The summed E-state index contributed by atoms with van der Waals surface area (Å²) in [6, 6.07) is 42.1. The molecule has 0 fully saturated rings. The van der Waals surface area contributed by atoms with Crippen LogP contribution in [0.1, 0.15) is 0 Å². The number of hydrogen-bond donors (Lipinski definition) is 1. The molecule has 0 atom stereocenters. The van der Waals surface area contributed by atoms with E-state index in [0.717, 1.165) is 49.9 Å². The highest BCUT2D eigenvalue weighted by Crippen LogP contribution is 2.37. The minimum absolute atomic E-state index is 0.900. The predicted octanol–water partition coefficient (Wildman–Crippen LogP) is 10.0. The minimum Gasteiger partial charge on any atom is -0.456 e. The Morgan fingerprint density at radius 3 is 1.97 bits per heavy atom. The molecule has 0 spiro atoms. The maximum atomic E-state index is 6.17. The fraction of sp³-hybridized carbons (Fsp3) is 0. The van der Waals surface area contributed by atoms with Crippen molar-refractivity contribution in [1.29, 1.82) is 0 Å². The van der Waals surface area contributed by atoms with Crippen LogP contribution in [0.25, 0.3) is 65.8 Å². The van der Waals surface area contributed by atoms with Gasteiger partial charge in [0, 0.05) is 32.9 Å². The molecule has 3 nitrogen and oxygen atoms in total. The van der Waals surface area contributed by atoms with Gasteiger partial charge in [0.1, 0.15) is 22.3 Å². The molecule has 37 heavy (non-hydrogen) atoms. The second-order valence-corrected chi connectivity index (χ2v) is 9.48. The third-order valence-corrected chi connectivity index (χ3v) is 7.24. The van der Waals surface area contributed by atoms with Gasteiger partial charge in [-0.2, -0.15) is 0 Å². The first-order valence-electron chi connectivity index (χ1n) is 12.4. The van der Waals surface area contributed by atoms with Crippen LogP contribution in [0, 0.1) is 0 Å². The van der Waals surface area contributed by atoms with E-state index < -0.39 is 0 Å². The van der Waals surface area contributed by atoms with E-state index in [-0.39, 0.29) is 0 Å². The van der Waals surface area contributed by atoms with E-state index in [2.05, 4.69) is 102 Å². The van der Waals surface area contributed by atoms with E-state index in [1.807, 2.05) is 24.3 Å². The number of anilines is 2. The number of rotatable bonds is 3. The lowest BCUT2D eigenvalue weighted by atomic mass is 10.00. The second kappa shape index (κ2) is 7.74. The van der Waals surface area contributed by atoms with Crippen LogP contribution in [0.3, 0.4) is 0 Å². The summed E-state index contributed by atoms with van der Waals surface area (Å²) in [7, 11) is 0. The Bertz CT molecular complexity index is 2110. The van der Waals surface area contributed by atoms with Crippen molar-refractivity contribution in [3.8, 4) is 11.1 Å². The van der Waals surface area contributed by atoms with Crippen molar-refractivity contribution in [1.82, 2.24) is 0 Å². The maximum Gasteiger partial charge on any atom is 0.136 e. The van der Waals surface area contributed by atoms with E-state index in [1.165, 1.54) is 27.3 Å². The van der Waals surface area contributed by atoms with E-state index in [9.17, 15) is 0 Å². The van der Waals surface area contributed by atoms with Crippen LogP contribution in [0.5, 0.6) is 0 Å². The largest absolute Gasteiger partial charge is 0.456 e. The van der Waals surface area contributed by atoms with Crippen molar-refractivity contribution in [3.63, 3.8) is 0 Å². The summed E-state index contributed by atoms with van der Waals surface area (Å²) in [6.45, 7) is 0. The normalized spacial score (nSPS) is 11.8. The average molecular weight is 476 g/mol. The molecule has 2 heterocycles. The molecule has 0 unspecified atom stereocenters. The predicted molar refractivity (Wildman–Crippen MR) is 154 cm³/mol. The molecule has 0 amide bonds. The van der Waals surface area contributed by atoms with E-state index in [0.29, 0.717) is 0 Å². The third kappa shape index (κ3) is 3.21. The molecule has 3 heteroatoms. The van der Waals surface area contributed by atoms with Crippen LogP contribution in [0.4, 0.5) is 11.4 Å². The smallest absolute Gasteiger partial charge is 0.136 e. The zero-order valence-electron chi connectivity index (χ0n) is 19.9. The minimum atomic E-state index is 0.900. The first-order valence-corrected chi connectivity index (χ1v) is 12.4. The van der Waals surface area contributed by atoms with Crippen molar-refractivity contribution in [2.75, 3.05) is 5.32 Å². The lowest BCUT2D eigenvalue weighted by Crippen LogP contribution is -1.90. The summed E-state index contributed by atoms with van der Waals surface area (Å²) in [5.41, 5.74) is 8.05. The van der Waals surface area contributed by atoms with Gasteiger partial charge in [-0.05, 0) is 76.5 Å². The van der Waals surface area contributed by atoms with Gasteiger partial charge in [-0.25, -0.2) is 0 Å². The summed E-state index contributed by atoms with van der Waals surface area (Å²) < 4.78 is 12.1. The van der Waals surface area contributed by atoms with Crippen LogP contribution in [0.15, 0.2) is 130 Å². The molecule has 0 saturated carbocycles. The summed E-state index contributed by atoms with van der Waals surface area (Å²) in [5.74, 6) is 0. The molecule has 0 aliphatic heterocycles. The molecule has 8 aromatic rings. The zero-order chi connectivity index (χ0) is 24.3. The monoisotopic (exact) mass is 475 g/mol. The third-order valence-electron chi connectivity index (χ3n) is 7.24. The highest BCUT2D eigenvalue weighted by Gasteiger charge is 2.12. The van der Waals surface area contributed by atoms with Gasteiger partial charge in [0.15, 0.2) is 0 Å². The molecular formula is C34H21NO2. The number of fused-ring (bicyclic) bond motifs is 8. The number of nitrogens with one attached hydrogen (secondary N) is 1. The standard InChI is InChI=1S/C34H21NO2/c1-2-6-26-22(5-1)11-17-33-34(26)29-19-23(12-16-32(29)37-33)21-9-13-24(14-10-21)35-25-15-18-31-28(20-25)27-7-3-4-8-30(27)36-31/h1-20,35H. The highest BCUT2D eigenvalue weighted by atomic mass is 16.3. The number of benzene rings is 6. The fourth-order valence-corrected chi connectivity index (χ4v) is 5.44. The van der Waals surface area contributed by atoms with E-state index in [4.69, 9.17) is 8.83 Å². The Hall–Kier alpha value is -5.02. The Morgan fingerprint density at radius 2 is 1.05 bits per heavy atom. The second-order valence-electron chi connectivity index (χ2n) is 9.48. The maximum absolute atomic E-state index is 6.17. The topological polar surface area (TPSA) is 38.3 Å². The van der Waals surface area contributed by atoms with Crippen LogP contribution in [0.2, 0.25) is 0 Å². The van der Waals surface area contributed by atoms with Gasteiger partial charge < -0.3 is 14.2 Å². The van der Waals surface area contributed by atoms with Crippen LogP contribution in [-0.4, -0.2) is 0 Å². The molecule has 0 aliphatic carbocycles. The van der Waals surface area contributed by atoms with E-state index in [1.54, 1.807) is 0 Å². The molecule has 0 saturated heterocycles. The van der Waals surface area contributed by atoms with Crippen molar-refractivity contribution < 1.29 is 8.83 Å². The first kappa shape index (κ1) is 20.2. The zero-order valence-corrected chi connectivity index (χ0v) is 19.9. The number of hydrogen-bond acceptors (Lipinski definition) is 3. The van der Waals surface area contributed by atoms with Gasteiger partial charge >= 0.3 is 0 Å². The summed E-state index contributed by atoms with van der Waals surface area (Å²) in [4.78, 5) is 0. The number of para-hydroxylation sites is 1. The lowest BCUT2D eigenvalue weighted by Gasteiger charge is -2.08. The van der Waals surface area contributed by atoms with E-state index >= 15 is 0 Å². The highest BCUT2D eigenvalue weighted by molar-refractivity contribution is 6.19. The van der Waals surface area contributed by atoms with Crippen LogP contribution < -0.4 is 5.32 Å². The van der Waals surface area contributed by atoms with Crippen molar-refractivity contribution in [2.24, 2.45) is 0 Å². The van der Waals surface area contributed by atoms with Crippen molar-refractivity contribution in [3.05, 3.63) is 121 Å². The SMILES string of the molecule is c1ccc2c(c1)ccc1oc3ccc(-c4ccc(Nc5ccc6oc7ccccc7c6c5)cc4)cc3c12. The van der Waals surface area contributed by atoms with Gasteiger partial charge in [0.2, 0.25) is 0 Å². The molecule has 6 aromatic carbocycles. The summed E-state index contributed by atoms with van der Waals surface area (Å²) in [5, 5.41) is 10.6. The van der Waals surface area contributed by atoms with Crippen molar-refractivity contribution in [2.45, 2.75) is 0 Å². The van der Waals surface area contributed by atoms with Gasteiger partial charge in [-0.1, -0.05) is 66.7 Å². The van der Waals surface area contributed by atoms with Gasteiger partial charge in [0.05, 0.1) is 0 Å². The Morgan fingerprint density at radius 1 is 0.405 bits per heavy atom. The molecule has 8 rings (SSSR count). The van der Waals surface area contributed by atoms with Gasteiger partial charge in [0.25, 0.3) is 0 Å². The van der Waals surface area contributed by atoms with Crippen LogP contribution >= 0.6 is 0 Å². The molecule has 0 radical (unpaired) electrons.